The van der Waals surface area contributed by atoms with Gasteiger partial charge >= 0.3 is 0 Å². The Bertz CT molecular complexity index is 1580. The van der Waals surface area contributed by atoms with E-state index in [2.05, 4.69) is 10.2 Å². The number of carbonyl (C=O) groups excluding carboxylic acids is 2. The van der Waals surface area contributed by atoms with Crippen molar-refractivity contribution in [3.05, 3.63) is 92.9 Å². The fraction of sp³-hybridized carbons (Fsp3) is 0.379. The molecule has 0 bridgehead atoms. The number of nitrogens with zero attached hydrogens (tertiary/aromatic N) is 1. The van der Waals surface area contributed by atoms with Crippen LogP contribution in [0.3, 0.4) is 0 Å². The second kappa shape index (κ2) is 12.7. The van der Waals surface area contributed by atoms with Crippen molar-refractivity contribution < 1.29 is 32.4 Å². The molecule has 2 aliphatic rings. The minimum Gasteiger partial charge on any atom is -0.466 e. The van der Waals surface area contributed by atoms with Crippen LogP contribution in [0.4, 0.5) is 0 Å². The summed E-state index contributed by atoms with van der Waals surface area (Å²) < 4.78 is 32.7. The van der Waals surface area contributed by atoms with E-state index in [1.54, 1.807) is 53.4 Å². The monoisotopic (exact) mass is 635 g/mol. The number of rotatable bonds is 9. The maximum Gasteiger partial charge on any atom is 0.255 e. The first-order chi connectivity index (χ1) is 20.1. The van der Waals surface area contributed by atoms with E-state index in [-0.39, 0.29) is 24.1 Å². The molecule has 42 heavy (non-hydrogen) atoms. The molecule has 3 aromatic rings. The van der Waals surface area contributed by atoms with Crippen molar-refractivity contribution in [2.24, 2.45) is 0 Å². The van der Waals surface area contributed by atoms with E-state index in [0.717, 1.165) is 19.1 Å². The Morgan fingerprint density at radius 2 is 1.88 bits per heavy atom. The first-order valence-electron chi connectivity index (χ1n) is 13.5. The fourth-order valence-corrected chi connectivity index (χ4v) is 7.30. The number of benzene rings is 2. The Labute approximate surface area is 253 Å². The molecule has 5 rings (SSSR count). The summed E-state index contributed by atoms with van der Waals surface area (Å²) in [4.78, 5) is 35.4. The van der Waals surface area contributed by atoms with Crippen LogP contribution in [0.15, 0.2) is 59.2 Å². The minimum atomic E-state index is -3.59. The Kier molecular flexibility index (Phi) is 9.26. The number of carbonyl (C=O) groups is 2. The van der Waals surface area contributed by atoms with Crippen LogP contribution in [0.1, 0.15) is 70.5 Å². The lowest BCUT2D eigenvalue weighted by Gasteiger charge is -2.49. The molecule has 1 aliphatic heterocycles. The van der Waals surface area contributed by atoms with Crippen LogP contribution in [-0.2, 0) is 32.9 Å². The molecule has 13 heteroatoms. The summed E-state index contributed by atoms with van der Waals surface area (Å²) in [5.41, 5.74) is 4.39. The van der Waals surface area contributed by atoms with Crippen molar-refractivity contribution in [1.29, 1.82) is 0 Å². The number of hydroxylamine groups is 1. The summed E-state index contributed by atoms with van der Waals surface area (Å²) in [6.07, 6.45) is 5.11. The van der Waals surface area contributed by atoms with Gasteiger partial charge in [0, 0.05) is 33.3 Å². The maximum absolute atomic E-state index is 14.3. The number of hydrogen-bond donors (Lipinski definition) is 3. The van der Waals surface area contributed by atoms with Gasteiger partial charge in [0.15, 0.2) is 0 Å². The van der Waals surface area contributed by atoms with E-state index < -0.39 is 40.0 Å². The molecule has 2 heterocycles. The number of aliphatic hydroxyl groups is 1. The SMILES string of the molecule is CS(=O)(=O)N[C@H]1CCCC[C@@H]1N1C(=O)c2ccccc2[C@@H](C(=O)NOCc2cc(CO)co2)[C@@H]1c1ccc(Cl)cc1Cl. The number of fused-ring (bicyclic) bond motifs is 1. The predicted octanol–water partition coefficient (Wildman–Crippen LogP) is 4.47. The number of aliphatic hydroxyl groups excluding tert-OH is 1. The first kappa shape index (κ1) is 30.5. The van der Waals surface area contributed by atoms with Crippen LogP contribution in [0, 0.1) is 0 Å². The second-order valence-electron chi connectivity index (χ2n) is 10.6. The Morgan fingerprint density at radius 3 is 2.60 bits per heavy atom. The highest BCUT2D eigenvalue weighted by atomic mass is 35.5. The van der Waals surface area contributed by atoms with Gasteiger partial charge in [0.2, 0.25) is 10.0 Å². The first-order valence-corrected chi connectivity index (χ1v) is 16.1. The number of hydrogen-bond acceptors (Lipinski definition) is 7. The summed E-state index contributed by atoms with van der Waals surface area (Å²) in [6.45, 7) is -0.295. The van der Waals surface area contributed by atoms with Gasteiger partial charge in [-0.05, 0) is 48.2 Å². The molecule has 224 valence electrons. The highest BCUT2D eigenvalue weighted by Gasteiger charge is 2.49. The number of nitrogens with one attached hydrogen (secondary N) is 2. The lowest BCUT2D eigenvalue weighted by molar-refractivity contribution is -0.138. The van der Waals surface area contributed by atoms with E-state index in [0.29, 0.717) is 45.9 Å². The molecule has 1 fully saturated rings. The molecule has 1 aromatic heterocycles. The quantitative estimate of drug-likeness (QED) is 0.295. The zero-order chi connectivity index (χ0) is 30.0. The average Bonchev–Trinajstić information content (AvgIpc) is 3.41. The normalized spacial score (nSPS) is 22.6. The number of furan rings is 1. The van der Waals surface area contributed by atoms with E-state index in [9.17, 15) is 23.1 Å². The summed E-state index contributed by atoms with van der Waals surface area (Å²) in [7, 11) is -3.59. The largest absolute Gasteiger partial charge is 0.466 e. The summed E-state index contributed by atoms with van der Waals surface area (Å²) in [6, 6.07) is 11.3. The number of halogens is 2. The average molecular weight is 637 g/mol. The van der Waals surface area contributed by atoms with Gasteiger partial charge in [-0.1, -0.05) is 60.3 Å². The van der Waals surface area contributed by atoms with Crippen molar-refractivity contribution in [1.82, 2.24) is 15.1 Å². The third kappa shape index (κ3) is 6.51. The van der Waals surface area contributed by atoms with Crippen molar-refractivity contribution >= 4 is 45.0 Å². The van der Waals surface area contributed by atoms with E-state index in [1.807, 2.05) is 0 Å². The molecule has 1 aliphatic carbocycles. The van der Waals surface area contributed by atoms with Gasteiger partial charge in [0.1, 0.15) is 12.4 Å². The third-order valence-corrected chi connectivity index (χ3v) is 8.96. The Balaban J connectivity index is 1.58. The number of amides is 2. The van der Waals surface area contributed by atoms with Gasteiger partial charge in [-0.25, -0.2) is 18.6 Å². The zero-order valence-electron chi connectivity index (χ0n) is 22.8. The molecule has 0 spiro atoms. The Morgan fingerprint density at radius 1 is 1.12 bits per heavy atom. The second-order valence-corrected chi connectivity index (χ2v) is 13.2. The van der Waals surface area contributed by atoms with Crippen molar-refractivity contribution in [3.8, 4) is 0 Å². The van der Waals surface area contributed by atoms with Crippen LogP contribution in [0.2, 0.25) is 10.0 Å². The van der Waals surface area contributed by atoms with E-state index in [4.69, 9.17) is 32.5 Å². The lowest BCUT2D eigenvalue weighted by atomic mass is 9.76. The van der Waals surface area contributed by atoms with Gasteiger partial charge in [-0.15, -0.1) is 0 Å². The highest BCUT2D eigenvalue weighted by Crippen LogP contribution is 2.47. The molecule has 0 unspecified atom stereocenters. The zero-order valence-corrected chi connectivity index (χ0v) is 25.1. The van der Waals surface area contributed by atoms with Crippen LogP contribution in [0.5, 0.6) is 0 Å². The van der Waals surface area contributed by atoms with Crippen LogP contribution in [-0.4, -0.2) is 48.6 Å². The molecule has 2 aromatic carbocycles. The molecule has 0 radical (unpaired) electrons. The van der Waals surface area contributed by atoms with E-state index in [1.165, 1.54) is 6.26 Å². The minimum absolute atomic E-state index is 0.0991. The molecule has 3 N–H and O–H groups in total. The molecule has 1 saturated carbocycles. The van der Waals surface area contributed by atoms with Gasteiger partial charge in [-0.3, -0.25) is 14.4 Å². The van der Waals surface area contributed by atoms with Crippen molar-refractivity contribution in [2.45, 2.75) is 62.9 Å². The molecular weight excluding hydrogens is 605 g/mol. The van der Waals surface area contributed by atoms with Crippen molar-refractivity contribution in [2.75, 3.05) is 6.26 Å². The van der Waals surface area contributed by atoms with Crippen LogP contribution in [0.25, 0.3) is 0 Å². The Hall–Kier alpha value is -2.93. The maximum atomic E-state index is 14.3. The standard InChI is InChI=1S/C29H31Cl2N3O7S/c1-42(38,39)33-24-8-4-5-9-25(24)34-27(22-11-10-18(30)13-23(22)31)26(20-6-2-3-7-21(20)29(34)37)28(36)32-41-16-19-12-17(14-35)15-40-19/h2-3,6-7,10-13,15,24-27,33,35H,4-5,8-9,14,16H2,1H3,(H,32,36)/t24-,25-,26+,27-/m0/s1. The smallest absolute Gasteiger partial charge is 0.255 e. The predicted molar refractivity (Wildman–Crippen MR) is 156 cm³/mol. The highest BCUT2D eigenvalue weighted by molar-refractivity contribution is 7.88. The lowest BCUT2D eigenvalue weighted by Crippen LogP contribution is -2.59. The van der Waals surface area contributed by atoms with E-state index >= 15 is 0 Å². The number of sulfonamides is 1. The van der Waals surface area contributed by atoms with Gasteiger partial charge in [0.25, 0.3) is 11.8 Å². The van der Waals surface area contributed by atoms with Gasteiger partial charge in [-0.2, -0.15) is 0 Å². The van der Waals surface area contributed by atoms with Crippen LogP contribution < -0.4 is 10.2 Å². The summed E-state index contributed by atoms with van der Waals surface area (Å²) >= 11 is 12.9. The molecule has 10 nitrogen and oxygen atoms in total. The van der Waals surface area contributed by atoms with Crippen LogP contribution >= 0.6 is 23.2 Å². The van der Waals surface area contributed by atoms with Gasteiger partial charge < -0.3 is 14.4 Å². The van der Waals surface area contributed by atoms with Crippen molar-refractivity contribution in [3.63, 3.8) is 0 Å². The van der Waals surface area contributed by atoms with Gasteiger partial charge in [0.05, 0.1) is 31.1 Å². The topological polar surface area (TPSA) is 138 Å². The molecule has 4 atom stereocenters. The summed E-state index contributed by atoms with van der Waals surface area (Å²) in [5, 5.41) is 9.93. The molecule has 0 saturated heterocycles. The molecule has 2 amide bonds. The molecular formula is C29H31Cl2N3O7S. The fourth-order valence-electron chi connectivity index (χ4n) is 5.95. The summed E-state index contributed by atoms with van der Waals surface area (Å²) in [5.74, 6) is -1.43. The third-order valence-electron chi connectivity index (χ3n) is 7.67.